The molecule has 0 atom stereocenters. The van der Waals surface area contributed by atoms with Crippen molar-refractivity contribution in [2.75, 3.05) is 13.1 Å². The zero-order valence-corrected chi connectivity index (χ0v) is 12.4. The lowest BCUT2D eigenvalue weighted by atomic mass is 9.92. The van der Waals surface area contributed by atoms with Gasteiger partial charge in [0.2, 0.25) is 0 Å². The van der Waals surface area contributed by atoms with Gasteiger partial charge < -0.3 is 0 Å². The van der Waals surface area contributed by atoms with E-state index in [0.717, 1.165) is 31.7 Å². The van der Waals surface area contributed by atoms with Gasteiger partial charge in [-0.15, -0.1) is 0 Å². The zero-order chi connectivity index (χ0) is 13.9. The molecule has 1 saturated heterocycles. The van der Waals surface area contributed by atoms with Crippen molar-refractivity contribution in [3.05, 3.63) is 18.0 Å². The molecule has 106 valence electrons. The van der Waals surface area contributed by atoms with Gasteiger partial charge in [-0.05, 0) is 52.3 Å². The monoisotopic (exact) mass is 263 g/mol. The molecular weight excluding hydrogens is 238 g/mol. The molecule has 1 fully saturated rings. The van der Waals surface area contributed by atoms with Crippen LogP contribution in [0.1, 0.15) is 56.9 Å². The minimum Gasteiger partial charge on any atom is -0.291 e. The van der Waals surface area contributed by atoms with Crippen molar-refractivity contribution in [2.24, 2.45) is 0 Å². The van der Waals surface area contributed by atoms with Gasteiger partial charge in [0.1, 0.15) is 5.69 Å². The number of aryl methyl sites for hydroxylation is 1. The van der Waals surface area contributed by atoms with E-state index < -0.39 is 5.54 Å². The molecule has 4 heteroatoms. The molecule has 0 unspecified atom stereocenters. The fourth-order valence-corrected chi connectivity index (χ4v) is 2.83. The maximum Gasteiger partial charge on any atom is 0.200 e. The predicted molar refractivity (Wildman–Crippen MR) is 76.4 cm³/mol. The lowest BCUT2D eigenvalue weighted by molar-refractivity contribution is 0.0568. The number of carbonyl (C=O) groups excluding carboxylic acids is 1. The molecule has 1 aliphatic heterocycles. The largest absolute Gasteiger partial charge is 0.291 e. The van der Waals surface area contributed by atoms with E-state index in [9.17, 15) is 4.79 Å². The lowest BCUT2D eigenvalue weighted by Crippen LogP contribution is -2.52. The Hall–Kier alpha value is -1.16. The van der Waals surface area contributed by atoms with E-state index in [2.05, 4.69) is 16.9 Å². The Bertz CT molecular complexity index is 430. The van der Waals surface area contributed by atoms with Gasteiger partial charge in [0.15, 0.2) is 5.78 Å². The molecule has 0 N–H and O–H groups in total. The average molecular weight is 263 g/mol. The topological polar surface area (TPSA) is 38.1 Å². The molecule has 0 radical (unpaired) electrons. The fraction of sp³-hybridized carbons (Fsp3) is 0.733. The number of piperidine rings is 1. The fourth-order valence-electron chi connectivity index (χ4n) is 2.83. The van der Waals surface area contributed by atoms with Crippen LogP contribution in [0.4, 0.5) is 0 Å². The van der Waals surface area contributed by atoms with Crippen LogP contribution in [0, 0.1) is 0 Å². The lowest BCUT2D eigenvalue weighted by Gasteiger charge is -2.39. The van der Waals surface area contributed by atoms with Gasteiger partial charge in [-0.25, -0.2) is 0 Å². The molecule has 19 heavy (non-hydrogen) atoms. The summed E-state index contributed by atoms with van der Waals surface area (Å²) in [6.07, 6.45) is 6.41. The standard InChI is InChI=1S/C15H25N3O/c1-4-10-18-13(8-9-16-18)14(19)15(2,3)17-11-6-5-7-12-17/h8-9H,4-7,10-12H2,1-3H3. The second-order valence-electron chi connectivity index (χ2n) is 5.88. The molecule has 0 saturated carbocycles. The molecule has 0 aliphatic carbocycles. The maximum absolute atomic E-state index is 12.8. The Morgan fingerprint density at radius 1 is 1.32 bits per heavy atom. The maximum atomic E-state index is 12.8. The molecule has 1 aliphatic rings. The summed E-state index contributed by atoms with van der Waals surface area (Å²) in [5, 5.41) is 4.26. The number of likely N-dealkylation sites (tertiary alicyclic amines) is 1. The van der Waals surface area contributed by atoms with Gasteiger partial charge in [0, 0.05) is 12.7 Å². The van der Waals surface area contributed by atoms with Crippen molar-refractivity contribution in [2.45, 2.75) is 58.5 Å². The highest BCUT2D eigenvalue weighted by atomic mass is 16.1. The smallest absolute Gasteiger partial charge is 0.200 e. The molecule has 0 amide bonds. The van der Waals surface area contributed by atoms with Crippen LogP contribution in [-0.2, 0) is 6.54 Å². The number of carbonyl (C=O) groups is 1. The van der Waals surface area contributed by atoms with E-state index in [0.29, 0.717) is 0 Å². The number of ketones is 1. The normalized spacial score (nSPS) is 17.6. The highest BCUT2D eigenvalue weighted by Gasteiger charge is 2.37. The van der Waals surface area contributed by atoms with Crippen molar-refractivity contribution >= 4 is 5.78 Å². The molecule has 0 aromatic carbocycles. The van der Waals surface area contributed by atoms with E-state index in [4.69, 9.17) is 0 Å². The minimum absolute atomic E-state index is 0.195. The Kier molecular flexibility index (Phi) is 4.40. The van der Waals surface area contributed by atoms with Gasteiger partial charge in [-0.2, -0.15) is 5.10 Å². The Balaban J connectivity index is 2.18. The number of hydrogen-bond donors (Lipinski definition) is 0. The van der Waals surface area contributed by atoms with Crippen LogP contribution >= 0.6 is 0 Å². The summed E-state index contributed by atoms with van der Waals surface area (Å²) in [5.74, 6) is 0.195. The first-order valence-electron chi connectivity index (χ1n) is 7.39. The SMILES string of the molecule is CCCn1nccc1C(=O)C(C)(C)N1CCCCC1. The van der Waals surface area contributed by atoms with Crippen LogP contribution in [0.5, 0.6) is 0 Å². The average Bonchev–Trinajstić information content (AvgIpc) is 2.87. The predicted octanol–water partition coefficient (Wildman–Crippen LogP) is 2.74. The van der Waals surface area contributed by atoms with Gasteiger partial charge in [0.05, 0.1) is 5.54 Å². The summed E-state index contributed by atoms with van der Waals surface area (Å²) in [6.45, 7) is 9.06. The Labute approximate surface area is 115 Å². The molecule has 0 spiro atoms. The number of aromatic nitrogens is 2. The van der Waals surface area contributed by atoms with Crippen molar-refractivity contribution < 1.29 is 4.79 Å². The van der Waals surface area contributed by atoms with Crippen LogP contribution in [0.15, 0.2) is 12.3 Å². The van der Waals surface area contributed by atoms with E-state index in [1.807, 2.05) is 24.6 Å². The summed E-state index contributed by atoms with van der Waals surface area (Å²) in [4.78, 5) is 15.1. The van der Waals surface area contributed by atoms with Crippen LogP contribution in [-0.4, -0.2) is 39.1 Å². The van der Waals surface area contributed by atoms with Crippen LogP contribution in [0.25, 0.3) is 0 Å². The van der Waals surface area contributed by atoms with Gasteiger partial charge in [0.25, 0.3) is 0 Å². The van der Waals surface area contributed by atoms with Crippen LogP contribution < -0.4 is 0 Å². The third-order valence-electron chi connectivity index (χ3n) is 4.09. The third kappa shape index (κ3) is 2.89. The van der Waals surface area contributed by atoms with Gasteiger partial charge in [-0.1, -0.05) is 13.3 Å². The number of Topliss-reactive ketones (excluding diaryl/α,β-unsaturated/α-hetero) is 1. The summed E-state index contributed by atoms with van der Waals surface area (Å²) in [7, 11) is 0. The van der Waals surface area contributed by atoms with E-state index in [1.54, 1.807) is 6.20 Å². The van der Waals surface area contributed by atoms with Crippen molar-refractivity contribution in [1.29, 1.82) is 0 Å². The molecule has 1 aromatic heterocycles. The zero-order valence-electron chi connectivity index (χ0n) is 12.4. The number of nitrogens with zero attached hydrogens (tertiary/aromatic N) is 3. The first kappa shape index (κ1) is 14.3. The summed E-state index contributed by atoms with van der Waals surface area (Å²) < 4.78 is 1.84. The highest BCUT2D eigenvalue weighted by molar-refractivity contribution is 6.01. The third-order valence-corrected chi connectivity index (χ3v) is 4.09. The molecular formula is C15H25N3O. The molecule has 2 rings (SSSR count). The number of rotatable bonds is 5. The number of hydrogen-bond acceptors (Lipinski definition) is 3. The van der Waals surface area contributed by atoms with Crippen molar-refractivity contribution in [1.82, 2.24) is 14.7 Å². The first-order valence-corrected chi connectivity index (χ1v) is 7.39. The summed E-state index contributed by atoms with van der Waals surface area (Å²) >= 11 is 0. The van der Waals surface area contributed by atoms with Crippen LogP contribution in [0.3, 0.4) is 0 Å². The second-order valence-corrected chi connectivity index (χ2v) is 5.88. The van der Waals surface area contributed by atoms with Gasteiger partial charge in [-0.3, -0.25) is 14.4 Å². The molecule has 1 aromatic rings. The van der Waals surface area contributed by atoms with E-state index in [-0.39, 0.29) is 5.78 Å². The van der Waals surface area contributed by atoms with Crippen molar-refractivity contribution in [3.8, 4) is 0 Å². The Morgan fingerprint density at radius 3 is 2.63 bits per heavy atom. The van der Waals surface area contributed by atoms with E-state index >= 15 is 0 Å². The Morgan fingerprint density at radius 2 is 2.00 bits per heavy atom. The van der Waals surface area contributed by atoms with Crippen LogP contribution in [0.2, 0.25) is 0 Å². The summed E-state index contributed by atoms with van der Waals surface area (Å²) in [5.41, 5.74) is 0.323. The van der Waals surface area contributed by atoms with Crippen molar-refractivity contribution in [3.63, 3.8) is 0 Å². The van der Waals surface area contributed by atoms with Gasteiger partial charge >= 0.3 is 0 Å². The quantitative estimate of drug-likeness (QED) is 0.767. The second kappa shape index (κ2) is 5.87. The highest BCUT2D eigenvalue weighted by Crippen LogP contribution is 2.24. The molecule has 2 heterocycles. The minimum atomic E-state index is -0.425. The first-order chi connectivity index (χ1) is 9.07. The molecule has 0 bridgehead atoms. The molecule has 4 nitrogen and oxygen atoms in total. The van der Waals surface area contributed by atoms with E-state index in [1.165, 1.54) is 19.3 Å². The summed E-state index contributed by atoms with van der Waals surface area (Å²) in [6, 6.07) is 1.85.